The summed E-state index contributed by atoms with van der Waals surface area (Å²) in [6.07, 6.45) is 3.61. The molecule has 0 unspecified atom stereocenters. The van der Waals surface area contributed by atoms with Crippen LogP contribution < -0.4 is 0 Å². The maximum absolute atomic E-state index is 9.46. The molecule has 0 aliphatic rings. The standard InChI is InChI=1S/C17H10Cl2N2/c18-13-6-5-11(16(19)8-13)7-12(9-20)15-10-21-17-4-2-1-3-14(15)17/h1-8,10,21H. The molecule has 0 saturated heterocycles. The minimum atomic E-state index is 0.523. The molecular formula is C17H10Cl2N2. The van der Waals surface area contributed by atoms with Gasteiger partial charge in [-0.1, -0.05) is 47.5 Å². The maximum atomic E-state index is 9.46. The van der Waals surface area contributed by atoms with E-state index in [0.29, 0.717) is 15.6 Å². The van der Waals surface area contributed by atoms with Gasteiger partial charge in [0.05, 0.1) is 11.6 Å². The van der Waals surface area contributed by atoms with E-state index in [1.54, 1.807) is 24.3 Å². The van der Waals surface area contributed by atoms with Gasteiger partial charge < -0.3 is 4.98 Å². The summed E-state index contributed by atoms with van der Waals surface area (Å²) in [6, 6.07) is 15.3. The average Bonchev–Trinajstić information content (AvgIpc) is 2.91. The molecule has 0 saturated carbocycles. The molecule has 0 aliphatic heterocycles. The van der Waals surface area contributed by atoms with E-state index in [9.17, 15) is 5.26 Å². The average molecular weight is 313 g/mol. The summed E-state index contributed by atoms with van der Waals surface area (Å²) in [5.74, 6) is 0. The van der Waals surface area contributed by atoms with Crippen molar-refractivity contribution in [3.63, 3.8) is 0 Å². The van der Waals surface area contributed by atoms with E-state index in [1.807, 2.05) is 30.5 Å². The summed E-state index contributed by atoms with van der Waals surface area (Å²) in [4.78, 5) is 3.17. The van der Waals surface area contributed by atoms with Crippen molar-refractivity contribution < 1.29 is 0 Å². The Morgan fingerprint density at radius 3 is 2.71 bits per heavy atom. The molecule has 0 bridgehead atoms. The normalized spacial score (nSPS) is 11.6. The van der Waals surface area contributed by atoms with Crippen molar-refractivity contribution in [2.45, 2.75) is 0 Å². The van der Waals surface area contributed by atoms with Crippen molar-refractivity contribution >= 4 is 45.8 Å². The first-order chi connectivity index (χ1) is 10.2. The fraction of sp³-hybridized carbons (Fsp3) is 0. The van der Waals surface area contributed by atoms with Crippen LogP contribution in [0.1, 0.15) is 11.1 Å². The third kappa shape index (κ3) is 2.67. The minimum absolute atomic E-state index is 0.523. The highest BCUT2D eigenvalue weighted by molar-refractivity contribution is 6.35. The predicted molar refractivity (Wildman–Crippen MR) is 88.2 cm³/mol. The van der Waals surface area contributed by atoms with Gasteiger partial charge >= 0.3 is 0 Å². The molecule has 0 fully saturated rings. The van der Waals surface area contributed by atoms with Crippen LogP contribution in [0.3, 0.4) is 0 Å². The lowest BCUT2D eigenvalue weighted by atomic mass is 10.0. The van der Waals surface area contributed by atoms with Crippen molar-refractivity contribution in [3.8, 4) is 6.07 Å². The molecule has 2 aromatic carbocycles. The lowest BCUT2D eigenvalue weighted by molar-refractivity contribution is 1.46. The minimum Gasteiger partial charge on any atom is -0.361 e. The molecular weight excluding hydrogens is 303 g/mol. The number of aromatic amines is 1. The summed E-state index contributed by atoms with van der Waals surface area (Å²) in [5, 5.41) is 11.6. The second kappa shape index (κ2) is 5.65. The molecule has 3 rings (SSSR count). The fourth-order valence-electron chi connectivity index (χ4n) is 2.24. The van der Waals surface area contributed by atoms with Crippen LogP contribution in [-0.4, -0.2) is 4.98 Å². The first-order valence-electron chi connectivity index (χ1n) is 6.32. The summed E-state index contributed by atoms with van der Waals surface area (Å²) >= 11 is 12.1. The first kappa shape index (κ1) is 13.8. The van der Waals surface area contributed by atoms with E-state index in [1.165, 1.54) is 0 Å². The highest BCUT2D eigenvalue weighted by atomic mass is 35.5. The zero-order valence-electron chi connectivity index (χ0n) is 10.9. The molecule has 21 heavy (non-hydrogen) atoms. The maximum Gasteiger partial charge on any atom is 0.0998 e. The lowest BCUT2D eigenvalue weighted by Crippen LogP contribution is -1.82. The van der Waals surface area contributed by atoms with Gasteiger partial charge in [-0.3, -0.25) is 0 Å². The lowest BCUT2D eigenvalue weighted by Gasteiger charge is -2.01. The molecule has 102 valence electrons. The van der Waals surface area contributed by atoms with Gasteiger partial charge in [-0.15, -0.1) is 0 Å². The Labute approximate surface area is 132 Å². The molecule has 1 aromatic heterocycles. The third-order valence-electron chi connectivity index (χ3n) is 3.26. The molecule has 1 N–H and O–H groups in total. The van der Waals surface area contributed by atoms with E-state index in [-0.39, 0.29) is 0 Å². The number of nitrogens with one attached hydrogen (secondary N) is 1. The van der Waals surface area contributed by atoms with Gasteiger partial charge in [0.2, 0.25) is 0 Å². The number of para-hydroxylation sites is 1. The Hall–Kier alpha value is -2.21. The number of nitriles is 1. The van der Waals surface area contributed by atoms with Crippen molar-refractivity contribution in [1.29, 1.82) is 5.26 Å². The highest BCUT2D eigenvalue weighted by Crippen LogP contribution is 2.29. The number of aromatic nitrogens is 1. The van der Waals surface area contributed by atoms with Crippen LogP contribution in [0.15, 0.2) is 48.7 Å². The monoisotopic (exact) mass is 312 g/mol. The number of allylic oxidation sites excluding steroid dienone is 1. The largest absolute Gasteiger partial charge is 0.361 e. The molecule has 0 amide bonds. The molecule has 0 spiro atoms. The van der Waals surface area contributed by atoms with Gasteiger partial charge in [0.1, 0.15) is 0 Å². The quantitative estimate of drug-likeness (QED) is 0.620. The van der Waals surface area contributed by atoms with Gasteiger partial charge in [-0.2, -0.15) is 5.26 Å². The Kier molecular flexibility index (Phi) is 3.70. The molecule has 0 aliphatic carbocycles. The molecule has 1 heterocycles. The Morgan fingerprint density at radius 1 is 1.14 bits per heavy atom. The van der Waals surface area contributed by atoms with E-state index in [4.69, 9.17) is 23.2 Å². The zero-order chi connectivity index (χ0) is 14.8. The van der Waals surface area contributed by atoms with E-state index < -0.39 is 0 Å². The van der Waals surface area contributed by atoms with Gasteiger partial charge in [0, 0.05) is 32.7 Å². The summed E-state index contributed by atoms with van der Waals surface area (Å²) in [5.41, 5.74) is 3.18. The van der Waals surface area contributed by atoms with Gasteiger partial charge in [0.25, 0.3) is 0 Å². The van der Waals surface area contributed by atoms with Gasteiger partial charge in [-0.05, 0) is 29.8 Å². The molecule has 3 aromatic rings. The summed E-state index contributed by atoms with van der Waals surface area (Å²) in [7, 11) is 0. The second-order valence-corrected chi connectivity index (χ2v) is 5.43. The van der Waals surface area contributed by atoms with Crippen LogP contribution in [0.5, 0.6) is 0 Å². The fourth-order valence-corrected chi connectivity index (χ4v) is 2.70. The van der Waals surface area contributed by atoms with Crippen molar-refractivity contribution in [2.75, 3.05) is 0 Å². The van der Waals surface area contributed by atoms with E-state index in [0.717, 1.165) is 22.0 Å². The number of H-pyrrole nitrogens is 1. The van der Waals surface area contributed by atoms with Crippen LogP contribution in [-0.2, 0) is 0 Å². The summed E-state index contributed by atoms with van der Waals surface area (Å²) < 4.78 is 0. The zero-order valence-corrected chi connectivity index (χ0v) is 12.4. The van der Waals surface area contributed by atoms with E-state index >= 15 is 0 Å². The van der Waals surface area contributed by atoms with Gasteiger partial charge in [0.15, 0.2) is 0 Å². The second-order valence-electron chi connectivity index (χ2n) is 4.58. The van der Waals surface area contributed by atoms with Crippen molar-refractivity contribution in [1.82, 2.24) is 4.98 Å². The van der Waals surface area contributed by atoms with Crippen LogP contribution >= 0.6 is 23.2 Å². The van der Waals surface area contributed by atoms with Crippen LogP contribution in [0.25, 0.3) is 22.6 Å². The Balaban J connectivity index is 2.14. The predicted octanol–water partition coefficient (Wildman–Crippen LogP) is 5.54. The number of nitrogens with zero attached hydrogens (tertiary/aromatic N) is 1. The smallest absolute Gasteiger partial charge is 0.0998 e. The van der Waals surface area contributed by atoms with Crippen molar-refractivity contribution in [2.24, 2.45) is 0 Å². The van der Waals surface area contributed by atoms with Crippen LogP contribution in [0.2, 0.25) is 10.0 Å². The Morgan fingerprint density at radius 2 is 1.95 bits per heavy atom. The number of halogens is 2. The molecule has 0 atom stereocenters. The SMILES string of the molecule is N#CC(=Cc1ccc(Cl)cc1Cl)c1c[nH]c2ccccc12. The first-order valence-corrected chi connectivity index (χ1v) is 7.08. The highest BCUT2D eigenvalue weighted by Gasteiger charge is 2.09. The topological polar surface area (TPSA) is 39.6 Å². The van der Waals surface area contributed by atoms with Crippen molar-refractivity contribution in [3.05, 3.63) is 69.8 Å². The molecule has 0 radical (unpaired) electrons. The van der Waals surface area contributed by atoms with Crippen LogP contribution in [0.4, 0.5) is 0 Å². The number of rotatable bonds is 2. The number of hydrogen-bond acceptors (Lipinski definition) is 1. The number of benzene rings is 2. The van der Waals surface area contributed by atoms with Crippen LogP contribution in [0, 0.1) is 11.3 Å². The number of fused-ring (bicyclic) bond motifs is 1. The van der Waals surface area contributed by atoms with E-state index in [2.05, 4.69) is 11.1 Å². The Bertz CT molecular complexity index is 885. The molecule has 2 nitrogen and oxygen atoms in total. The molecule has 4 heteroatoms. The van der Waals surface area contributed by atoms with Gasteiger partial charge in [-0.25, -0.2) is 0 Å². The number of hydrogen-bond donors (Lipinski definition) is 1. The summed E-state index contributed by atoms with van der Waals surface area (Å²) in [6.45, 7) is 0. The third-order valence-corrected chi connectivity index (χ3v) is 3.82.